The van der Waals surface area contributed by atoms with Gasteiger partial charge in [0.2, 0.25) is 0 Å². The second-order valence-corrected chi connectivity index (χ2v) is 5.33. The number of nitrogens with one attached hydrogen (secondary N) is 2. The third kappa shape index (κ3) is 4.89. The number of rotatable bonds is 6. The van der Waals surface area contributed by atoms with E-state index in [1.807, 2.05) is 31.2 Å². The first kappa shape index (κ1) is 16.6. The lowest BCUT2D eigenvalue weighted by molar-refractivity contribution is -0.000279. The Bertz CT molecular complexity index is 464. The average Bonchev–Trinajstić information content (AvgIpc) is 2.55. The Labute approximate surface area is 130 Å². The van der Waals surface area contributed by atoms with Crippen molar-refractivity contribution in [2.45, 2.75) is 38.5 Å². The summed E-state index contributed by atoms with van der Waals surface area (Å²) in [6.07, 6.45) is 1.49. The Hall–Kier alpha value is -1.79. The molecule has 0 radical (unpaired) electrons. The molecule has 0 bridgehead atoms. The number of amides is 2. The van der Waals surface area contributed by atoms with Crippen molar-refractivity contribution in [2.24, 2.45) is 0 Å². The molecular formula is C16H24N2O4. The fraction of sp³-hybridized carbons (Fsp3) is 0.562. The molecule has 0 unspecified atom stereocenters. The van der Waals surface area contributed by atoms with Gasteiger partial charge < -0.3 is 25.2 Å². The van der Waals surface area contributed by atoms with Gasteiger partial charge >= 0.3 is 6.03 Å². The first-order chi connectivity index (χ1) is 10.7. The van der Waals surface area contributed by atoms with E-state index in [4.69, 9.17) is 14.6 Å². The summed E-state index contributed by atoms with van der Waals surface area (Å²) in [6.45, 7) is 3.73. The van der Waals surface area contributed by atoms with Crippen molar-refractivity contribution in [2.75, 3.05) is 19.8 Å². The molecule has 0 aliphatic carbocycles. The van der Waals surface area contributed by atoms with Crippen LogP contribution in [0.15, 0.2) is 24.3 Å². The van der Waals surface area contributed by atoms with E-state index in [9.17, 15) is 4.79 Å². The number of carbonyl (C=O) groups excluding carboxylic acids is 1. The first-order valence-electron chi connectivity index (χ1n) is 7.71. The van der Waals surface area contributed by atoms with Gasteiger partial charge in [-0.15, -0.1) is 0 Å². The molecule has 2 amide bonds. The molecule has 22 heavy (non-hydrogen) atoms. The van der Waals surface area contributed by atoms with Crippen LogP contribution in [0.25, 0.3) is 0 Å². The Morgan fingerprint density at radius 2 is 2.18 bits per heavy atom. The summed E-state index contributed by atoms with van der Waals surface area (Å²) in [7, 11) is 0. The number of aliphatic hydroxyl groups excluding tert-OH is 1. The molecule has 0 spiro atoms. The molecule has 1 aliphatic rings. The number of urea groups is 1. The van der Waals surface area contributed by atoms with Crippen LogP contribution in [0.3, 0.4) is 0 Å². The number of aliphatic hydroxyl groups is 1. The maximum absolute atomic E-state index is 11.8. The number of hydrogen-bond donors (Lipinski definition) is 3. The Morgan fingerprint density at radius 3 is 2.86 bits per heavy atom. The van der Waals surface area contributed by atoms with Crippen molar-refractivity contribution in [1.82, 2.24) is 10.6 Å². The van der Waals surface area contributed by atoms with Gasteiger partial charge in [0.05, 0.1) is 25.9 Å². The van der Waals surface area contributed by atoms with E-state index in [0.717, 1.165) is 24.2 Å². The molecule has 1 aliphatic heterocycles. The zero-order chi connectivity index (χ0) is 15.8. The van der Waals surface area contributed by atoms with E-state index >= 15 is 0 Å². The van der Waals surface area contributed by atoms with Crippen LogP contribution in [0.2, 0.25) is 0 Å². The Kier molecular flexibility index (Phi) is 6.48. The molecule has 1 saturated heterocycles. The van der Waals surface area contributed by atoms with Gasteiger partial charge in [-0.25, -0.2) is 4.79 Å². The summed E-state index contributed by atoms with van der Waals surface area (Å²) in [6, 6.07) is 6.94. The van der Waals surface area contributed by atoms with E-state index in [1.54, 1.807) is 0 Å². The van der Waals surface area contributed by atoms with Crippen LogP contribution in [0.5, 0.6) is 5.75 Å². The third-order valence-electron chi connectivity index (χ3n) is 3.54. The highest BCUT2D eigenvalue weighted by Crippen LogP contribution is 2.19. The number of hydrogen-bond acceptors (Lipinski definition) is 4. The van der Waals surface area contributed by atoms with Gasteiger partial charge in [0.15, 0.2) is 0 Å². The van der Waals surface area contributed by atoms with Crippen LogP contribution in [0.4, 0.5) is 4.79 Å². The van der Waals surface area contributed by atoms with Gasteiger partial charge in [-0.3, -0.25) is 0 Å². The lowest BCUT2D eigenvalue weighted by atomic mass is 10.1. The molecule has 6 heteroatoms. The summed E-state index contributed by atoms with van der Waals surface area (Å²) < 4.78 is 11.4. The summed E-state index contributed by atoms with van der Waals surface area (Å²) in [5, 5.41) is 14.7. The molecular weight excluding hydrogens is 284 g/mol. The van der Waals surface area contributed by atoms with Gasteiger partial charge in [-0.05, 0) is 24.1 Å². The van der Waals surface area contributed by atoms with Gasteiger partial charge in [0.1, 0.15) is 11.9 Å². The van der Waals surface area contributed by atoms with E-state index in [0.29, 0.717) is 19.8 Å². The molecule has 0 saturated carbocycles. The predicted octanol–water partition coefficient (Wildman–Crippen LogP) is 1.42. The second-order valence-electron chi connectivity index (χ2n) is 5.33. The van der Waals surface area contributed by atoms with Gasteiger partial charge in [0, 0.05) is 13.0 Å². The van der Waals surface area contributed by atoms with Crippen molar-refractivity contribution in [3.05, 3.63) is 29.8 Å². The molecule has 1 aromatic carbocycles. The van der Waals surface area contributed by atoms with Crippen LogP contribution in [-0.2, 0) is 11.3 Å². The van der Waals surface area contributed by atoms with Crippen LogP contribution < -0.4 is 15.4 Å². The molecule has 2 atom stereocenters. The predicted molar refractivity (Wildman–Crippen MR) is 82.8 cm³/mol. The van der Waals surface area contributed by atoms with E-state index in [1.165, 1.54) is 0 Å². The summed E-state index contributed by atoms with van der Waals surface area (Å²) >= 11 is 0. The lowest BCUT2D eigenvalue weighted by Crippen LogP contribution is -2.54. The van der Waals surface area contributed by atoms with E-state index in [-0.39, 0.29) is 24.8 Å². The van der Waals surface area contributed by atoms with Crippen LogP contribution in [-0.4, -0.2) is 43.0 Å². The smallest absolute Gasteiger partial charge is 0.315 e. The van der Waals surface area contributed by atoms with Crippen LogP contribution in [0, 0.1) is 0 Å². The summed E-state index contributed by atoms with van der Waals surface area (Å²) in [4.78, 5) is 11.8. The molecule has 1 aromatic rings. The van der Waals surface area contributed by atoms with Crippen molar-refractivity contribution in [1.29, 1.82) is 0 Å². The van der Waals surface area contributed by atoms with E-state index in [2.05, 4.69) is 10.6 Å². The summed E-state index contributed by atoms with van der Waals surface area (Å²) in [5.74, 6) is 0.727. The van der Waals surface area contributed by atoms with Crippen molar-refractivity contribution >= 4 is 6.03 Å². The maximum Gasteiger partial charge on any atom is 0.315 e. The highest BCUT2D eigenvalue weighted by atomic mass is 16.5. The SMILES string of the molecule is CCCNC(=O)N[C@@H]1COCC[C@H]1Oc1ccc(CO)cc1. The van der Waals surface area contributed by atoms with Crippen molar-refractivity contribution in [3.63, 3.8) is 0 Å². The Morgan fingerprint density at radius 1 is 1.41 bits per heavy atom. The zero-order valence-corrected chi connectivity index (χ0v) is 12.9. The van der Waals surface area contributed by atoms with Gasteiger partial charge in [-0.1, -0.05) is 19.1 Å². The van der Waals surface area contributed by atoms with Crippen LogP contribution >= 0.6 is 0 Å². The monoisotopic (exact) mass is 308 g/mol. The zero-order valence-electron chi connectivity index (χ0n) is 12.9. The standard InChI is InChI=1S/C16H24N2O4/c1-2-8-17-16(20)18-14-11-21-9-7-15(14)22-13-5-3-12(10-19)4-6-13/h3-6,14-15,19H,2,7-11H2,1H3,(H2,17,18,20)/t14-,15-/m1/s1. The quantitative estimate of drug-likeness (QED) is 0.742. The fourth-order valence-electron chi connectivity index (χ4n) is 2.30. The topological polar surface area (TPSA) is 79.8 Å². The van der Waals surface area contributed by atoms with Crippen LogP contribution in [0.1, 0.15) is 25.3 Å². The van der Waals surface area contributed by atoms with Gasteiger partial charge in [0.25, 0.3) is 0 Å². The number of carbonyl (C=O) groups is 1. The highest BCUT2D eigenvalue weighted by Gasteiger charge is 2.28. The van der Waals surface area contributed by atoms with Crippen molar-refractivity contribution in [3.8, 4) is 5.75 Å². The minimum absolute atomic E-state index is 0.0132. The molecule has 0 aromatic heterocycles. The lowest BCUT2D eigenvalue weighted by Gasteiger charge is -2.32. The third-order valence-corrected chi connectivity index (χ3v) is 3.54. The summed E-state index contributed by atoms with van der Waals surface area (Å²) in [5.41, 5.74) is 0.841. The normalized spacial score (nSPS) is 21.2. The molecule has 1 fully saturated rings. The largest absolute Gasteiger partial charge is 0.488 e. The first-order valence-corrected chi connectivity index (χ1v) is 7.71. The minimum Gasteiger partial charge on any atom is -0.488 e. The van der Waals surface area contributed by atoms with Crippen molar-refractivity contribution < 1.29 is 19.4 Å². The average molecular weight is 308 g/mol. The Balaban J connectivity index is 1.92. The van der Waals surface area contributed by atoms with Gasteiger partial charge in [-0.2, -0.15) is 0 Å². The number of benzene rings is 1. The minimum atomic E-state index is -0.193. The molecule has 2 rings (SSSR count). The molecule has 122 valence electrons. The number of ether oxygens (including phenoxy) is 2. The maximum atomic E-state index is 11.8. The second kappa shape index (κ2) is 8.60. The van der Waals surface area contributed by atoms with E-state index < -0.39 is 0 Å². The molecule has 6 nitrogen and oxygen atoms in total. The molecule has 3 N–H and O–H groups in total. The highest BCUT2D eigenvalue weighted by molar-refractivity contribution is 5.74. The fourth-order valence-corrected chi connectivity index (χ4v) is 2.30. The molecule has 1 heterocycles.